The Bertz CT molecular complexity index is 943. The molecule has 3 N–H and O–H groups in total. The van der Waals surface area contributed by atoms with Crippen LogP contribution in [0.5, 0.6) is 11.5 Å². The number of aldehydes is 1. The van der Waals surface area contributed by atoms with Gasteiger partial charge in [0.05, 0.1) is 15.1 Å². The van der Waals surface area contributed by atoms with Crippen molar-refractivity contribution in [3.63, 3.8) is 0 Å². The van der Waals surface area contributed by atoms with E-state index in [0.29, 0.717) is 28.7 Å². The quantitative estimate of drug-likeness (QED) is 0.415. The molecule has 2 aromatic rings. The lowest BCUT2D eigenvalue weighted by Gasteiger charge is -2.36. The molecule has 0 aromatic heterocycles. The summed E-state index contributed by atoms with van der Waals surface area (Å²) >= 11 is 17.2. The van der Waals surface area contributed by atoms with Crippen LogP contribution >= 0.6 is 34.8 Å². The van der Waals surface area contributed by atoms with Gasteiger partial charge in [-0.3, -0.25) is 9.59 Å². The molecule has 1 atom stereocenters. The summed E-state index contributed by atoms with van der Waals surface area (Å²) in [6, 6.07) is 9.30. The van der Waals surface area contributed by atoms with E-state index >= 15 is 0 Å². The fraction of sp³-hybridized carbons (Fsp3) is 0.273. The van der Waals surface area contributed by atoms with Gasteiger partial charge >= 0.3 is 0 Å². The van der Waals surface area contributed by atoms with Crippen LogP contribution in [0.3, 0.4) is 0 Å². The molecule has 0 saturated heterocycles. The van der Waals surface area contributed by atoms with Crippen molar-refractivity contribution in [2.24, 2.45) is 5.73 Å². The third-order valence-electron chi connectivity index (χ3n) is 4.21. The van der Waals surface area contributed by atoms with Gasteiger partial charge in [0.25, 0.3) is 0 Å². The van der Waals surface area contributed by atoms with Crippen LogP contribution in [0.2, 0.25) is 15.1 Å². The number of hydrogen-bond donors (Lipinski definition) is 2. The minimum absolute atomic E-state index is 0.0356. The molecule has 1 amide bonds. The molecule has 0 saturated carbocycles. The predicted molar refractivity (Wildman–Crippen MR) is 125 cm³/mol. The summed E-state index contributed by atoms with van der Waals surface area (Å²) in [7, 11) is 1.97. The normalized spacial score (nSPS) is 16.1. The number of hydrogen-bond acceptors (Lipinski definition) is 5. The Balaban J connectivity index is 0.000000299. The van der Waals surface area contributed by atoms with E-state index in [1.54, 1.807) is 12.1 Å². The molecular weight excluding hydrogens is 482 g/mol. The molecule has 6 nitrogen and oxygen atoms in total. The summed E-state index contributed by atoms with van der Waals surface area (Å²) < 4.78 is 23.2. The van der Waals surface area contributed by atoms with E-state index in [9.17, 15) is 9.18 Å². The number of benzene rings is 2. The van der Waals surface area contributed by atoms with Crippen molar-refractivity contribution < 1.29 is 23.5 Å². The topological polar surface area (TPSA) is 90.6 Å². The van der Waals surface area contributed by atoms with Gasteiger partial charge in [-0.25, -0.2) is 4.39 Å². The van der Waals surface area contributed by atoms with E-state index in [1.165, 1.54) is 17.7 Å². The molecule has 0 radical (unpaired) electrons. The summed E-state index contributed by atoms with van der Waals surface area (Å²) in [5, 5.41) is 4.35. The van der Waals surface area contributed by atoms with Crippen molar-refractivity contribution >= 4 is 47.5 Å². The fourth-order valence-electron chi connectivity index (χ4n) is 2.59. The van der Waals surface area contributed by atoms with Crippen molar-refractivity contribution in [2.45, 2.75) is 18.9 Å². The number of carbonyl (C=O) groups excluding carboxylic acids is 2. The third-order valence-corrected chi connectivity index (χ3v) is 5.26. The molecule has 0 spiro atoms. The summed E-state index contributed by atoms with van der Waals surface area (Å²) in [5.74, 6) is 0.488. The van der Waals surface area contributed by atoms with E-state index in [2.05, 4.69) is 24.1 Å². The van der Waals surface area contributed by atoms with Crippen molar-refractivity contribution in [1.29, 1.82) is 0 Å². The molecule has 0 heterocycles. The molecule has 3 rings (SSSR count). The summed E-state index contributed by atoms with van der Waals surface area (Å²) in [4.78, 5) is 18.5. The number of rotatable bonds is 7. The molecule has 0 bridgehead atoms. The third kappa shape index (κ3) is 9.44. The minimum Gasteiger partial charge on any atom is -0.489 e. The first-order valence-electron chi connectivity index (χ1n) is 9.32. The molecule has 0 fully saturated rings. The fourth-order valence-corrected chi connectivity index (χ4v) is 2.99. The molecule has 2 aromatic carbocycles. The minimum atomic E-state index is -0.555. The second kappa shape index (κ2) is 14.0. The highest BCUT2D eigenvalue weighted by atomic mass is 35.5. The zero-order valence-electron chi connectivity index (χ0n) is 17.5. The Morgan fingerprint density at radius 2 is 1.62 bits per heavy atom. The average Bonchev–Trinajstić information content (AvgIpc) is 2.74. The van der Waals surface area contributed by atoms with Gasteiger partial charge in [-0.15, -0.1) is 0 Å². The van der Waals surface area contributed by atoms with Crippen molar-refractivity contribution in [1.82, 2.24) is 5.32 Å². The second-order valence-electron chi connectivity index (χ2n) is 6.70. The molecule has 1 aliphatic rings. The summed E-state index contributed by atoms with van der Waals surface area (Å²) in [6.07, 6.45) is 4.06. The summed E-state index contributed by atoms with van der Waals surface area (Å²) in [5.41, 5.74) is 5.60. The SMILES string of the molecule is CNC1(C)C=C(COc2ccc(Cl)c(Cl)c2)C1.NC=O.O=CCOc1ccc(Cl)c(F)c1. The van der Waals surface area contributed by atoms with Gasteiger partial charge in [-0.05, 0) is 50.2 Å². The van der Waals surface area contributed by atoms with Crippen LogP contribution in [0.25, 0.3) is 0 Å². The molecule has 32 heavy (non-hydrogen) atoms. The number of ether oxygens (including phenoxy) is 2. The van der Waals surface area contributed by atoms with Gasteiger partial charge in [0, 0.05) is 17.7 Å². The van der Waals surface area contributed by atoms with Gasteiger partial charge in [0.2, 0.25) is 6.41 Å². The Morgan fingerprint density at radius 1 is 1.06 bits per heavy atom. The lowest BCUT2D eigenvalue weighted by Crippen LogP contribution is -2.44. The maximum absolute atomic E-state index is 12.7. The predicted octanol–water partition coefficient (Wildman–Crippen LogP) is 4.84. The highest BCUT2D eigenvalue weighted by molar-refractivity contribution is 6.42. The second-order valence-corrected chi connectivity index (χ2v) is 7.92. The first kappa shape index (κ1) is 27.7. The van der Waals surface area contributed by atoms with E-state index in [1.807, 2.05) is 13.1 Å². The van der Waals surface area contributed by atoms with E-state index in [0.717, 1.165) is 18.2 Å². The van der Waals surface area contributed by atoms with E-state index in [4.69, 9.17) is 49.1 Å². The monoisotopic (exact) mass is 504 g/mol. The number of nitrogens with two attached hydrogens (primary N) is 1. The van der Waals surface area contributed by atoms with E-state index < -0.39 is 5.82 Å². The van der Waals surface area contributed by atoms with Crippen LogP contribution < -0.4 is 20.5 Å². The van der Waals surface area contributed by atoms with Crippen LogP contribution in [0.1, 0.15) is 13.3 Å². The van der Waals surface area contributed by atoms with E-state index in [-0.39, 0.29) is 23.6 Å². The van der Waals surface area contributed by atoms with Gasteiger partial charge in [-0.2, -0.15) is 0 Å². The number of carbonyl (C=O) groups is 2. The maximum atomic E-state index is 12.7. The molecular formula is C22H24Cl3FN2O4. The zero-order valence-corrected chi connectivity index (χ0v) is 19.8. The van der Waals surface area contributed by atoms with Crippen molar-refractivity contribution in [3.05, 3.63) is 68.9 Å². The van der Waals surface area contributed by atoms with Gasteiger partial charge < -0.3 is 20.5 Å². The standard InChI is InChI=1S/C13H15Cl2NO.C8H6ClFO2.CH3NO/c1-13(16-2)6-9(7-13)8-17-10-3-4-11(14)12(15)5-10;9-7-2-1-6(5-8(7)10)12-4-3-11;2-1-3/h3-6,16H,7-8H2,1-2H3;1-3,5H,4H2;1H,(H2,2,3). The zero-order chi connectivity index (χ0) is 24.1. The lowest BCUT2D eigenvalue weighted by atomic mass is 9.81. The molecule has 0 aliphatic heterocycles. The van der Waals surface area contributed by atoms with Crippen molar-refractivity contribution in [3.8, 4) is 11.5 Å². The maximum Gasteiger partial charge on any atom is 0.204 e. The first-order valence-corrected chi connectivity index (χ1v) is 10.5. The highest BCUT2D eigenvalue weighted by Crippen LogP contribution is 2.31. The Hall–Kier alpha value is -2.32. The van der Waals surface area contributed by atoms with Crippen LogP contribution in [0.4, 0.5) is 4.39 Å². The smallest absolute Gasteiger partial charge is 0.204 e. The Kier molecular flexibility index (Phi) is 12.1. The Morgan fingerprint density at radius 3 is 2.12 bits per heavy atom. The number of primary amides is 1. The van der Waals surface area contributed by atoms with Crippen LogP contribution in [-0.4, -0.2) is 38.5 Å². The first-order chi connectivity index (χ1) is 15.2. The number of likely N-dealkylation sites (N-methyl/N-ethyl adjacent to an activating group) is 1. The van der Waals surface area contributed by atoms with Crippen LogP contribution in [-0.2, 0) is 9.59 Å². The molecule has 174 valence electrons. The number of halogens is 4. The van der Waals surface area contributed by atoms with Gasteiger partial charge in [0.1, 0.15) is 30.5 Å². The molecule has 1 unspecified atom stereocenters. The lowest BCUT2D eigenvalue weighted by molar-refractivity contribution is -0.109. The van der Waals surface area contributed by atoms with Crippen LogP contribution in [0.15, 0.2) is 48.0 Å². The summed E-state index contributed by atoms with van der Waals surface area (Å²) in [6.45, 7) is 2.69. The van der Waals surface area contributed by atoms with Crippen molar-refractivity contribution in [2.75, 3.05) is 20.3 Å². The van der Waals surface area contributed by atoms with Crippen LogP contribution in [0, 0.1) is 5.82 Å². The van der Waals surface area contributed by atoms with Gasteiger partial charge in [-0.1, -0.05) is 40.9 Å². The highest BCUT2D eigenvalue weighted by Gasteiger charge is 2.29. The molecule has 1 aliphatic carbocycles. The van der Waals surface area contributed by atoms with Gasteiger partial charge in [0.15, 0.2) is 6.29 Å². The molecule has 10 heteroatoms. The largest absolute Gasteiger partial charge is 0.489 e. The number of amides is 1. The average molecular weight is 506 g/mol. The Labute approximate surface area is 201 Å². The number of nitrogens with one attached hydrogen (secondary N) is 1.